The van der Waals surface area contributed by atoms with Crippen molar-refractivity contribution in [2.45, 2.75) is 46.6 Å². The lowest BCUT2D eigenvalue weighted by Crippen LogP contribution is -2.35. The third kappa shape index (κ3) is 4.38. The maximum atomic E-state index is 12.0. The van der Waals surface area contributed by atoms with Crippen LogP contribution in [0.25, 0.3) is 11.0 Å². The second-order valence-electron chi connectivity index (χ2n) is 8.08. The lowest BCUT2D eigenvalue weighted by Gasteiger charge is -2.19. The van der Waals surface area contributed by atoms with Crippen molar-refractivity contribution >= 4 is 16.9 Å². The summed E-state index contributed by atoms with van der Waals surface area (Å²) < 4.78 is 2.33. The van der Waals surface area contributed by atoms with Gasteiger partial charge in [0.1, 0.15) is 5.82 Å². The van der Waals surface area contributed by atoms with Gasteiger partial charge in [-0.2, -0.15) is 0 Å². The Labute approximate surface area is 161 Å². The Balaban J connectivity index is 1.80. The Morgan fingerprint density at radius 3 is 2.44 bits per heavy atom. The molecule has 0 aliphatic carbocycles. The first-order valence-electron chi connectivity index (χ1n) is 9.67. The quantitative estimate of drug-likeness (QED) is 0.643. The van der Waals surface area contributed by atoms with Crippen LogP contribution in [-0.2, 0) is 11.2 Å². The fraction of sp³-hybridized carbons (Fsp3) is 0.391. The molecule has 27 heavy (non-hydrogen) atoms. The van der Waals surface area contributed by atoms with E-state index in [2.05, 4.69) is 59.3 Å². The van der Waals surface area contributed by atoms with Crippen LogP contribution in [-0.4, -0.2) is 22.0 Å². The van der Waals surface area contributed by atoms with Crippen LogP contribution in [0.2, 0.25) is 0 Å². The predicted molar refractivity (Wildman–Crippen MR) is 111 cm³/mol. The van der Waals surface area contributed by atoms with Gasteiger partial charge in [-0.3, -0.25) is 4.79 Å². The standard InChI is InChI=1S/C23H29N3O/c1-17(18-11-6-5-7-12-18)26-20-14-9-8-13-19(20)25-21(26)15-10-16-24-22(27)23(2,3)4/h5-9,11-14,17H,10,15-16H2,1-4H3,(H,24,27). The summed E-state index contributed by atoms with van der Waals surface area (Å²) in [5.41, 5.74) is 3.09. The van der Waals surface area contributed by atoms with Gasteiger partial charge in [-0.05, 0) is 31.0 Å². The molecular weight excluding hydrogens is 334 g/mol. The first kappa shape index (κ1) is 19.2. The number of imidazole rings is 1. The molecule has 0 spiro atoms. The monoisotopic (exact) mass is 363 g/mol. The molecule has 0 saturated carbocycles. The van der Waals surface area contributed by atoms with Gasteiger partial charge in [0.05, 0.1) is 17.1 Å². The number of para-hydroxylation sites is 2. The molecule has 1 atom stereocenters. The summed E-state index contributed by atoms with van der Waals surface area (Å²) in [6, 6.07) is 19.0. The molecule has 2 aromatic carbocycles. The zero-order valence-corrected chi connectivity index (χ0v) is 16.7. The highest BCUT2D eigenvalue weighted by Gasteiger charge is 2.21. The van der Waals surface area contributed by atoms with Gasteiger partial charge in [-0.1, -0.05) is 63.2 Å². The number of aromatic nitrogens is 2. The van der Waals surface area contributed by atoms with E-state index >= 15 is 0 Å². The number of aryl methyl sites for hydroxylation is 1. The maximum Gasteiger partial charge on any atom is 0.225 e. The van der Waals surface area contributed by atoms with Crippen molar-refractivity contribution in [2.75, 3.05) is 6.54 Å². The molecule has 0 bridgehead atoms. The lowest BCUT2D eigenvalue weighted by atomic mass is 9.96. The van der Waals surface area contributed by atoms with E-state index in [0.29, 0.717) is 6.54 Å². The Kier molecular flexibility index (Phi) is 5.64. The van der Waals surface area contributed by atoms with Crippen molar-refractivity contribution in [3.63, 3.8) is 0 Å². The van der Waals surface area contributed by atoms with E-state index in [1.54, 1.807) is 0 Å². The summed E-state index contributed by atoms with van der Waals surface area (Å²) in [6.45, 7) is 8.68. The molecule has 4 nitrogen and oxygen atoms in total. The largest absolute Gasteiger partial charge is 0.356 e. The molecule has 1 aromatic heterocycles. The molecule has 142 valence electrons. The zero-order valence-electron chi connectivity index (χ0n) is 16.7. The number of nitrogens with zero attached hydrogens (tertiary/aromatic N) is 2. The molecule has 1 heterocycles. The summed E-state index contributed by atoms with van der Waals surface area (Å²) in [5, 5.41) is 3.03. The topological polar surface area (TPSA) is 46.9 Å². The molecule has 0 radical (unpaired) electrons. The Morgan fingerprint density at radius 2 is 1.74 bits per heavy atom. The molecular formula is C23H29N3O. The molecule has 1 amide bonds. The average molecular weight is 364 g/mol. The van der Waals surface area contributed by atoms with Crippen molar-refractivity contribution < 1.29 is 4.79 Å². The molecule has 0 aliphatic heterocycles. The van der Waals surface area contributed by atoms with E-state index in [0.717, 1.165) is 29.7 Å². The second-order valence-corrected chi connectivity index (χ2v) is 8.08. The third-order valence-corrected chi connectivity index (χ3v) is 4.88. The fourth-order valence-corrected chi connectivity index (χ4v) is 3.30. The minimum absolute atomic E-state index is 0.0913. The maximum absolute atomic E-state index is 12.0. The number of fused-ring (bicyclic) bond motifs is 1. The number of rotatable bonds is 6. The second kappa shape index (κ2) is 7.95. The van der Waals surface area contributed by atoms with Crippen LogP contribution in [0.1, 0.15) is 51.5 Å². The van der Waals surface area contributed by atoms with Gasteiger partial charge >= 0.3 is 0 Å². The van der Waals surface area contributed by atoms with Gasteiger partial charge in [0.2, 0.25) is 5.91 Å². The molecule has 3 aromatic rings. The van der Waals surface area contributed by atoms with E-state index < -0.39 is 0 Å². The molecule has 3 rings (SSSR count). The number of carbonyl (C=O) groups excluding carboxylic acids is 1. The normalized spacial score (nSPS) is 12.9. The summed E-state index contributed by atoms with van der Waals surface area (Å²) >= 11 is 0. The van der Waals surface area contributed by atoms with Crippen LogP contribution in [0.15, 0.2) is 54.6 Å². The van der Waals surface area contributed by atoms with Crippen molar-refractivity contribution in [3.8, 4) is 0 Å². The highest BCUT2D eigenvalue weighted by molar-refractivity contribution is 5.81. The van der Waals surface area contributed by atoms with Crippen LogP contribution in [0, 0.1) is 5.41 Å². The van der Waals surface area contributed by atoms with E-state index in [9.17, 15) is 4.79 Å². The van der Waals surface area contributed by atoms with Crippen molar-refractivity contribution in [3.05, 3.63) is 66.0 Å². The highest BCUT2D eigenvalue weighted by Crippen LogP contribution is 2.26. The van der Waals surface area contributed by atoms with E-state index in [1.807, 2.05) is 32.9 Å². The smallest absolute Gasteiger partial charge is 0.225 e. The molecule has 4 heteroatoms. The molecule has 0 aliphatic rings. The average Bonchev–Trinajstić information content (AvgIpc) is 3.02. The number of benzene rings is 2. The Hall–Kier alpha value is -2.62. The van der Waals surface area contributed by atoms with Crippen LogP contribution in [0.5, 0.6) is 0 Å². The fourth-order valence-electron chi connectivity index (χ4n) is 3.30. The van der Waals surface area contributed by atoms with Crippen molar-refractivity contribution in [1.29, 1.82) is 0 Å². The number of carbonyl (C=O) groups is 1. The number of amides is 1. The molecule has 0 fully saturated rings. The summed E-state index contributed by atoms with van der Waals surface area (Å²) in [5.74, 6) is 1.16. The minimum Gasteiger partial charge on any atom is -0.356 e. The van der Waals surface area contributed by atoms with Crippen LogP contribution >= 0.6 is 0 Å². The van der Waals surface area contributed by atoms with Crippen LogP contribution < -0.4 is 5.32 Å². The molecule has 0 saturated heterocycles. The van der Waals surface area contributed by atoms with Crippen molar-refractivity contribution in [1.82, 2.24) is 14.9 Å². The summed E-state index contributed by atoms with van der Waals surface area (Å²) in [4.78, 5) is 16.9. The van der Waals surface area contributed by atoms with Crippen LogP contribution in [0.4, 0.5) is 0 Å². The van der Waals surface area contributed by atoms with Gasteiger partial charge in [0.15, 0.2) is 0 Å². The van der Waals surface area contributed by atoms with Crippen molar-refractivity contribution in [2.24, 2.45) is 5.41 Å². The van der Waals surface area contributed by atoms with E-state index in [1.165, 1.54) is 5.56 Å². The van der Waals surface area contributed by atoms with E-state index in [-0.39, 0.29) is 17.4 Å². The predicted octanol–water partition coefficient (Wildman–Crippen LogP) is 4.74. The lowest BCUT2D eigenvalue weighted by molar-refractivity contribution is -0.128. The van der Waals surface area contributed by atoms with Gasteiger partial charge in [-0.15, -0.1) is 0 Å². The first-order valence-corrected chi connectivity index (χ1v) is 9.67. The number of hydrogen-bond donors (Lipinski definition) is 1. The molecule has 1 unspecified atom stereocenters. The number of hydrogen-bond acceptors (Lipinski definition) is 2. The number of nitrogens with one attached hydrogen (secondary N) is 1. The Bertz CT molecular complexity index is 906. The zero-order chi connectivity index (χ0) is 19.4. The van der Waals surface area contributed by atoms with E-state index in [4.69, 9.17) is 4.98 Å². The minimum atomic E-state index is -0.352. The van der Waals surface area contributed by atoms with Gasteiger partial charge in [-0.25, -0.2) is 4.98 Å². The third-order valence-electron chi connectivity index (χ3n) is 4.88. The van der Waals surface area contributed by atoms with Gasteiger partial charge in [0, 0.05) is 18.4 Å². The van der Waals surface area contributed by atoms with Gasteiger partial charge < -0.3 is 9.88 Å². The Morgan fingerprint density at radius 1 is 1.07 bits per heavy atom. The highest BCUT2D eigenvalue weighted by atomic mass is 16.2. The first-order chi connectivity index (χ1) is 12.9. The summed E-state index contributed by atoms with van der Waals surface area (Å²) in [6.07, 6.45) is 1.70. The van der Waals surface area contributed by atoms with Gasteiger partial charge in [0.25, 0.3) is 0 Å². The summed E-state index contributed by atoms with van der Waals surface area (Å²) in [7, 11) is 0. The molecule has 1 N–H and O–H groups in total. The van der Waals surface area contributed by atoms with Crippen LogP contribution in [0.3, 0.4) is 0 Å². The SMILES string of the molecule is CC(c1ccccc1)n1c(CCCNC(=O)C(C)(C)C)nc2ccccc21.